The van der Waals surface area contributed by atoms with E-state index in [1.165, 1.54) is 32.1 Å². The smallest absolute Gasteiger partial charge is 0.0587 e. The van der Waals surface area contributed by atoms with Gasteiger partial charge in [0.2, 0.25) is 0 Å². The summed E-state index contributed by atoms with van der Waals surface area (Å²) in [6.07, 6.45) is 6.43. The van der Waals surface area contributed by atoms with E-state index in [1.807, 2.05) is 0 Å². The molecule has 1 N–H and O–H groups in total. The first kappa shape index (κ1) is 15.9. The maximum atomic E-state index is 5.75. The average molecular weight is 257 g/mol. The van der Waals surface area contributed by atoms with E-state index in [0.29, 0.717) is 5.41 Å². The van der Waals surface area contributed by atoms with E-state index in [1.54, 1.807) is 7.11 Å². The normalized spacial score (nSPS) is 26.2. The van der Waals surface area contributed by atoms with Gasteiger partial charge in [0.25, 0.3) is 0 Å². The van der Waals surface area contributed by atoms with E-state index in [0.717, 1.165) is 38.8 Å². The lowest BCUT2D eigenvalue weighted by molar-refractivity contribution is -0.0205. The number of hydrogen-bond donors (Lipinski definition) is 1. The van der Waals surface area contributed by atoms with E-state index in [-0.39, 0.29) is 0 Å². The maximum Gasteiger partial charge on any atom is 0.0587 e. The Bertz CT molecular complexity index is 203. The molecule has 0 bridgehead atoms. The second-order valence-corrected chi connectivity index (χ2v) is 5.92. The SMILES string of the molecule is CCCC(C)CC1(CNCCOC)CCCOC1. The van der Waals surface area contributed by atoms with Crippen LogP contribution in [0.1, 0.15) is 46.0 Å². The first-order valence-electron chi connectivity index (χ1n) is 7.50. The summed E-state index contributed by atoms with van der Waals surface area (Å²) in [6, 6.07) is 0. The molecule has 3 nitrogen and oxygen atoms in total. The number of hydrogen-bond acceptors (Lipinski definition) is 3. The highest BCUT2D eigenvalue weighted by atomic mass is 16.5. The van der Waals surface area contributed by atoms with Gasteiger partial charge in [-0.25, -0.2) is 0 Å². The Balaban J connectivity index is 2.41. The van der Waals surface area contributed by atoms with Crippen LogP contribution in [0.2, 0.25) is 0 Å². The maximum absolute atomic E-state index is 5.75. The molecule has 0 saturated carbocycles. The van der Waals surface area contributed by atoms with E-state index >= 15 is 0 Å². The molecule has 18 heavy (non-hydrogen) atoms. The van der Waals surface area contributed by atoms with E-state index in [4.69, 9.17) is 9.47 Å². The molecule has 0 radical (unpaired) electrons. The van der Waals surface area contributed by atoms with Crippen molar-refractivity contribution in [3.63, 3.8) is 0 Å². The number of rotatable bonds is 9. The molecule has 0 aromatic rings. The third kappa shape index (κ3) is 5.68. The summed E-state index contributed by atoms with van der Waals surface area (Å²) >= 11 is 0. The van der Waals surface area contributed by atoms with Crippen LogP contribution < -0.4 is 5.32 Å². The van der Waals surface area contributed by atoms with Crippen molar-refractivity contribution >= 4 is 0 Å². The molecule has 0 aromatic heterocycles. The number of nitrogens with one attached hydrogen (secondary N) is 1. The van der Waals surface area contributed by atoms with Gasteiger partial charge < -0.3 is 14.8 Å². The van der Waals surface area contributed by atoms with Crippen LogP contribution in [-0.4, -0.2) is 40.0 Å². The minimum atomic E-state index is 0.362. The van der Waals surface area contributed by atoms with Crippen molar-refractivity contribution in [1.29, 1.82) is 0 Å². The zero-order valence-electron chi connectivity index (χ0n) is 12.5. The molecule has 0 aliphatic carbocycles. The van der Waals surface area contributed by atoms with Crippen molar-refractivity contribution in [2.45, 2.75) is 46.0 Å². The standard InChI is InChI=1S/C15H31NO2/c1-4-6-14(2)11-15(7-5-9-18-13-15)12-16-8-10-17-3/h14,16H,4-13H2,1-3H3. The fourth-order valence-corrected chi connectivity index (χ4v) is 3.14. The fourth-order valence-electron chi connectivity index (χ4n) is 3.14. The lowest BCUT2D eigenvalue weighted by Crippen LogP contribution is -2.43. The number of methoxy groups -OCH3 is 1. The van der Waals surface area contributed by atoms with Gasteiger partial charge in [-0.1, -0.05) is 26.7 Å². The highest BCUT2D eigenvalue weighted by Crippen LogP contribution is 2.35. The average Bonchev–Trinajstić information content (AvgIpc) is 2.36. The summed E-state index contributed by atoms with van der Waals surface area (Å²) in [5.41, 5.74) is 0.362. The predicted octanol–water partition coefficient (Wildman–Crippen LogP) is 2.85. The van der Waals surface area contributed by atoms with Crippen molar-refractivity contribution < 1.29 is 9.47 Å². The van der Waals surface area contributed by atoms with Crippen LogP contribution >= 0.6 is 0 Å². The van der Waals surface area contributed by atoms with Crippen molar-refractivity contribution in [3.8, 4) is 0 Å². The molecular weight excluding hydrogens is 226 g/mol. The second-order valence-electron chi connectivity index (χ2n) is 5.92. The summed E-state index contributed by atoms with van der Waals surface area (Å²) in [4.78, 5) is 0. The Morgan fingerprint density at radius 1 is 1.44 bits per heavy atom. The highest BCUT2D eigenvalue weighted by molar-refractivity contribution is 4.85. The molecule has 0 amide bonds. The molecule has 108 valence electrons. The van der Waals surface area contributed by atoms with Gasteiger partial charge in [-0.05, 0) is 25.2 Å². The van der Waals surface area contributed by atoms with Crippen LogP contribution in [0, 0.1) is 11.3 Å². The van der Waals surface area contributed by atoms with Crippen molar-refractivity contribution in [1.82, 2.24) is 5.32 Å². The van der Waals surface area contributed by atoms with Crippen LogP contribution in [0.25, 0.3) is 0 Å². The van der Waals surface area contributed by atoms with Crippen LogP contribution in [-0.2, 0) is 9.47 Å². The van der Waals surface area contributed by atoms with Gasteiger partial charge >= 0.3 is 0 Å². The van der Waals surface area contributed by atoms with Gasteiger partial charge in [0, 0.05) is 32.2 Å². The summed E-state index contributed by atoms with van der Waals surface area (Å²) in [7, 11) is 1.75. The molecule has 1 saturated heterocycles. The van der Waals surface area contributed by atoms with Gasteiger partial charge in [-0.2, -0.15) is 0 Å². The summed E-state index contributed by atoms with van der Waals surface area (Å²) in [5.74, 6) is 0.806. The van der Waals surface area contributed by atoms with Crippen LogP contribution in [0.3, 0.4) is 0 Å². The van der Waals surface area contributed by atoms with E-state index in [9.17, 15) is 0 Å². The molecule has 2 atom stereocenters. The highest BCUT2D eigenvalue weighted by Gasteiger charge is 2.33. The monoisotopic (exact) mass is 257 g/mol. The largest absolute Gasteiger partial charge is 0.383 e. The molecule has 1 fully saturated rings. The Morgan fingerprint density at radius 3 is 2.89 bits per heavy atom. The third-order valence-corrected chi connectivity index (χ3v) is 3.95. The Morgan fingerprint density at radius 2 is 2.28 bits per heavy atom. The number of ether oxygens (including phenoxy) is 2. The Hall–Kier alpha value is -0.120. The summed E-state index contributed by atoms with van der Waals surface area (Å²) in [5, 5.41) is 3.54. The summed E-state index contributed by atoms with van der Waals surface area (Å²) in [6.45, 7) is 9.35. The third-order valence-electron chi connectivity index (χ3n) is 3.95. The first-order chi connectivity index (χ1) is 8.72. The molecular formula is C15H31NO2. The lowest BCUT2D eigenvalue weighted by Gasteiger charge is -2.39. The lowest BCUT2D eigenvalue weighted by atomic mass is 9.74. The molecule has 1 heterocycles. The molecule has 0 spiro atoms. The molecule has 1 aliphatic heterocycles. The predicted molar refractivity (Wildman–Crippen MR) is 75.9 cm³/mol. The molecule has 2 unspecified atom stereocenters. The van der Waals surface area contributed by atoms with Gasteiger partial charge in [0.05, 0.1) is 13.2 Å². The molecule has 0 aromatic carbocycles. The minimum absolute atomic E-state index is 0.362. The van der Waals surface area contributed by atoms with Crippen molar-refractivity contribution in [2.24, 2.45) is 11.3 Å². The van der Waals surface area contributed by atoms with Crippen LogP contribution in [0.5, 0.6) is 0 Å². The van der Waals surface area contributed by atoms with Crippen LogP contribution in [0.15, 0.2) is 0 Å². The van der Waals surface area contributed by atoms with Gasteiger partial charge in [0.15, 0.2) is 0 Å². The van der Waals surface area contributed by atoms with Gasteiger partial charge in [-0.15, -0.1) is 0 Å². The Kier molecular flexibility index (Phi) is 7.87. The molecule has 1 rings (SSSR count). The van der Waals surface area contributed by atoms with E-state index < -0.39 is 0 Å². The van der Waals surface area contributed by atoms with Crippen molar-refractivity contribution in [2.75, 3.05) is 40.0 Å². The topological polar surface area (TPSA) is 30.5 Å². The van der Waals surface area contributed by atoms with E-state index in [2.05, 4.69) is 19.2 Å². The fraction of sp³-hybridized carbons (Fsp3) is 1.00. The Labute approximate surface area is 113 Å². The first-order valence-corrected chi connectivity index (χ1v) is 7.50. The van der Waals surface area contributed by atoms with Gasteiger partial charge in [-0.3, -0.25) is 0 Å². The van der Waals surface area contributed by atoms with Gasteiger partial charge in [0.1, 0.15) is 0 Å². The second kappa shape index (κ2) is 8.89. The zero-order valence-corrected chi connectivity index (χ0v) is 12.5. The quantitative estimate of drug-likeness (QED) is 0.644. The zero-order chi connectivity index (χ0) is 13.3. The van der Waals surface area contributed by atoms with Crippen LogP contribution in [0.4, 0.5) is 0 Å². The minimum Gasteiger partial charge on any atom is -0.383 e. The molecule has 1 aliphatic rings. The molecule has 3 heteroatoms. The van der Waals surface area contributed by atoms with Crippen molar-refractivity contribution in [3.05, 3.63) is 0 Å². The summed E-state index contributed by atoms with van der Waals surface area (Å²) < 4.78 is 10.8.